The average molecular weight is 353 g/mol. The second kappa shape index (κ2) is 6.21. The molecular formula is C17H15N5O2S. The zero-order valence-corrected chi connectivity index (χ0v) is 14.3. The van der Waals surface area contributed by atoms with Gasteiger partial charge in [0.05, 0.1) is 22.3 Å². The second-order valence-corrected chi connectivity index (χ2v) is 7.01. The van der Waals surface area contributed by atoms with Gasteiger partial charge in [-0.3, -0.25) is 14.6 Å². The second-order valence-electron chi connectivity index (χ2n) is 5.98. The van der Waals surface area contributed by atoms with E-state index in [2.05, 4.69) is 20.3 Å². The van der Waals surface area contributed by atoms with Crippen LogP contribution in [0.15, 0.2) is 36.8 Å². The van der Waals surface area contributed by atoms with Gasteiger partial charge >= 0.3 is 0 Å². The number of rotatable bonds is 3. The Labute approximate surface area is 147 Å². The minimum atomic E-state index is -0.227. The Morgan fingerprint density at radius 1 is 1.28 bits per heavy atom. The van der Waals surface area contributed by atoms with Crippen LogP contribution in [0.3, 0.4) is 0 Å². The molecule has 0 radical (unpaired) electrons. The molecule has 1 aliphatic heterocycles. The number of nitrogens with one attached hydrogen (secondary N) is 1. The van der Waals surface area contributed by atoms with E-state index in [4.69, 9.17) is 0 Å². The molecule has 1 N–H and O–H groups in total. The van der Waals surface area contributed by atoms with Crippen LogP contribution in [0.4, 0.5) is 5.13 Å². The van der Waals surface area contributed by atoms with Gasteiger partial charge in [0, 0.05) is 25.5 Å². The summed E-state index contributed by atoms with van der Waals surface area (Å²) < 4.78 is 1.04. The molecule has 1 aromatic carbocycles. The summed E-state index contributed by atoms with van der Waals surface area (Å²) in [5, 5.41) is 3.44. The molecule has 0 atom stereocenters. The van der Waals surface area contributed by atoms with Crippen molar-refractivity contribution in [3.63, 3.8) is 0 Å². The number of likely N-dealkylation sites (tertiary alicyclic amines) is 1. The van der Waals surface area contributed by atoms with E-state index in [0.717, 1.165) is 15.8 Å². The fourth-order valence-electron chi connectivity index (χ4n) is 2.67. The molecule has 25 heavy (non-hydrogen) atoms. The molecule has 4 rings (SSSR count). The number of hydrogen-bond acceptors (Lipinski definition) is 6. The van der Waals surface area contributed by atoms with Crippen LogP contribution in [0.1, 0.15) is 16.1 Å². The highest BCUT2D eigenvalue weighted by Crippen LogP contribution is 2.28. The maximum Gasteiger partial charge on any atom is 0.274 e. The van der Waals surface area contributed by atoms with E-state index < -0.39 is 0 Å². The number of anilines is 1. The van der Waals surface area contributed by atoms with E-state index >= 15 is 0 Å². The van der Waals surface area contributed by atoms with Crippen molar-refractivity contribution >= 4 is 38.5 Å². The molecule has 3 aromatic rings. The molecule has 0 unspecified atom stereocenters. The van der Waals surface area contributed by atoms with Crippen LogP contribution in [0, 0.1) is 12.8 Å². The maximum atomic E-state index is 12.3. The van der Waals surface area contributed by atoms with E-state index in [0.29, 0.717) is 23.9 Å². The van der Waals surface area contributed by atoms with Gasteiger partial charge in [-0.25, -0.2) is 9.97 Å². The number of fused-ring (bicyclic) bond motifs is 1. The lowest BCUT2D eigenvalue weighted by molar-refractivity contribution is -0.123. The number of carbonyl (C=O) groups is 2. The van der Waals surface area contributed by atoms with Crippen LogP contribution < -0.4 is 5.32 Å². The first kappa shape index (κ1) is 15.6. The number of thiazole rings is 1. The first-order chi connectivity index (χ1) is 12.1. The summed E-state index contributed by atoms with van der Waals surface area (Å²) in [6.07, 6.45) is 4.42. The fraction of sp³-hybridized carbons (Fsp3) is 0.235. The van der Waals surface area contributed by atoms with Gasteiger partial charge in [-0.15, -0.1) is 0 Å². The highest BCUT2D eigenvalue weighted by molar-refractivity contribution is 7.22. The van der Waals surface area contributed by atoms with Crippen molar-refractivity contribution in [1.82, 2.24) is 19.9 Å². The highest BCUT2D eigenvalue weighted by atomic mass is 32.1. The van der Waals surface area contributed by atoms with Crippen LogP contribution in [0.25, 0.3) is 10.2 Å². The average Bonchev–Trinajstić information content (AvgIpc) is 2.95. The largest absolute Gasteiger partial charge is 0.336 e. The monoisotopic (exact) mass is 353 g/mol. The zero-order valence-electron chi connectivity index (χ0n) is 13.5. The normalized spacial score (nSPS) is 14.4. The van der Waals surface area contributed by atoms with Gasteiger partial charge in [0.1, 0.15) is 5.69 Å². The minimum Gasteiger partial charge on any atom is -0.336 e. The predicted molar refractivity (Wildman–Crippen MR) is 94.4 cm³/mol. The number of nitrogens with zero attached hydrogens (tertiary/aromatic N) is 4. The van der Waals surface area contributed by atoms with Gasteiger partial charge in [-0.2, -0.15) is 0 Å². The lowest BCUT2D eigenvalue weighted by atomic mass is 9.99. The Hall–Kier alpha value is -2.87. The fourth-order valence-corrected chi connectivity index (χ4v) is 3.64. The van der Waals surface area contributed by atoms with Crippen molar-refractivity contribution < 1.29 is 9.59 Å². The lowest BCUT2D eigenvalue weighted by Crippen LogP contribution is -2.54. The maximum absolute atomic E-state index is 12.3. The number of amides is 2. The van der Waals surface area contributed by atoms with Crippen LogP contribution >= 0.6 is 11.3 Å². The van der Waals surface area contributed by atoms with Crippen molar-refractivity contribution in [1.29, 1.82) is 0 Å². The standard InChI is InChI=1S/C17H15N5O2S/c1-10-2-3-12-14(6-10)25-17(20-12)21-15(23)11-8-22(9-11)16(24)13-7-18-4-5-19-13/h2-7,11H,8-9H2,1H3,(H,20,21,23). The van der Waals surface area contributed by atoms with Gasteiger partial charge < -0.3 is 10.2 Å². The van der Waals surface area contributed by atoms with Crippen molar-refractivity contribution in [2.75, 3.05) is 18.4 Å². The molecule has 2 aromatic heterocycles. The Kier molecular flexibility index (Phi) is 3.89. The molecule has 1 saturated heterocycles. The molecule has 0 spiro atoms. The van der Waals surface area contributed by atoms with Gasteiger partial charge in [0.2, 0.25) is 5.91 Å². The number of aromatic nitrogens is 3. The summed E-state index contributed by atoms with van der Waals surface area (Å²) in [5.74, 6) is -0.541. The van der Waals surface area contributed by atoms with Crippen LogP contribution in [-0.2, 0) is 4.79 Å². The van der Waals surface area contributed by atoms with Crippen molar-refractivity contribution in [2.24, 2.45) is 5.92 Å². The van der Waals surface area contributed by atoms with E-state index in [1.165, 1.54) is 29.9 Å². The molecule has 1 fully saturated rings. The van der Waals surface area contributed by atoms with E-state index in [9.17, 15) is 9.59 Å². The quantitative estimate of drug-likeness (QED) is 0.779. The Morgan fingerprint density at radius 3 is 2.88 bits per heavy atom. The molecule has 8 heteroatoms. The van der Waals surface area contributed by atoms with Crippen molar-refractivity contribution in [2.45, 2.75) is 6.92 Å². The molecule has 0 bridgehead atoms. The third-order valence-electron chi connectivity index (χ3n) is 4.10. The summed E-state index contributed by atoms with van der Waals surface area (Å²) in [6.45, 7) is 2.78. The van der Waals surface area contributed by atoms with Gasteiger partial charge in [0.15, 0.2) is 5.13 Å². The zero-order chi connectivity index (χ0) is 17.4. The Bertz CT molecular complexity index is 950. The van der Waals surface area contributed by atoms with E-state index in [1.54, 1.807) is 4.90 Å². The Balaban J connectivity index is 1.37. The highest BCUT2D eigenvalue weighted by Gasteiger charge is 2.36. The van der Waals surface area contributed by atoms with Crippen molar-refractivity contribution in [3.8, 4) is 0 Å². The molecule has 3 heterocycles. The van der Waals surface area contributed by atoms with Gasteiger partial charge in [0.25, 0.3) is 5.91 Å². The van der Waals surface area contributed by atoms with Gasteiger partial charge in [-0.1, -0.05) is 17.4 Å². The van der Waals surface area contributed by atoms with E-state index in [1.807, 2.05) is 25.1 Å². The molecule has 0 aliphatic carbocycles. The first-order valence-corrected chi connectivity index (χ1v) is 8.65. The lowest BCUT2D eigenvalue weighted by Gasteiger charge is -2.37. The van der Waals surface area contributed by atoms with Crippen LogP contribution in [0.2, 0.25) is 0 Å². The summed E-state index contributed by atoms with van der Waals surface area (Å²) in [4.78, 5) is 38.4. The number of carbonyl (C=O) groups excluding carboxylic acids is 2. The van der Waals surface area contributed by atoms with Gasteiger partial charge in [-0.05, 0) is 24.6 Å². The summed E-state index contributed by atoms with van der Waals surface area (Å²) in [6, 6.07) is 5.99. The third kappa shape index (κ3) is 3.08. The number of aryl methyl sites for hydroxylation is 1. The van der Waals surface area contributed by atoms with Crippen LogP contribution in [0.5, 0.6) is 0 Å². The minimum absolute atomic E-state index is 0.112. The summed E-state index contributed by atoms with van der Waals surface area (Å²) in [7, 11) is 0. The molecule has 0 saturated carbocycles. The topological polar surface area (TPSA) is 88.1 Å². The van der Waals surface area contributed by atoms with E-state index in [-0.39, 0.29) is 17.7 Å². The first-order valence-electron chi connectivity index (χ1n) is 7.83. The summed E-state index contributed by atoms with van der Waals surface area (Å²) in [5.41, 5.74) is 2.33. The summed E-state index contributed by atoms with van der Waals surface area (Å²) >= 11 is 1.45. The molecule has 7 nitrogen and oxygen atoms in total. The molecular weight excluding hydrogens is 338 g/mol. The molecule has 1 aliphatic rings. The Morgan fingerprint density at radius 2 is 2.12 bits per heavy atom. The SMILES string of the molecule is Cc1ccc2nc(NC(=O)C3CN(C(=O)c4cnccn4)C3)sc2c1. The molecule has 126 valence electrons. The number of benzene rings is 1. The predicted octanol–water partition coefficient (Wildman–Crippen LogP) is 2.11. The van der Waals surface area contributed by atoms with Crippen molar-refractivity contribution in [3.05, 3.63) is 48.0 Å². The third-order valence-corrected chi connectivity index (χ3v) is 5.03. The number of hydrogen-bond donors (Lipinski definition) is 1. The van der Waals surface area contributed by atoms with Crippen LogP contribution in [-0.4, -0.2) is 44.8 Å². The molecule has 2 amide bonds. The smallest absolute Gasteiger partial charge is 0.274 e.